The van der Waals surface area contributed by atoms with Crippen molar-refractivity contribution >= 4 is 5.91 Å². The first-order chi connectivity index (χ1) is 7.82. The molecule has 17 heavy (non-hydrogen) atoms. The zero-order chi connectivity index (χ0) is 13.2. The van der Waals surface area contributed by atoms with Crippen molar-refractivity contribution in [3.63, 3.8) is 0 Å². The fourth-order valence-corrected chi connectivity index (χ4v) is 3.00. The Kier molecular flexibility index (Phi) is 4.59. The summed E-state index contributed by atoms with van der Waals surface area (Å²) in [5, 5.41) is 0. The Morgan fingerprint density at radius 2 is 2.00 bits per heavy atom. The summed E-state index contributed by atoms with van der Waals surface area (Å²) < 4.78 is 0. The number of carbonyl (C=O) groups excluding carboxylic acids is 1. The molecule has 0 aromatic carbocycles. The van der Waals surface area contributed by atoms with E-state index in [1.54, 1.807) is 0 Å². The number of carbonyl (C=O) groups is 1. The molecule has 3 unspecified atom stereocenters. The molecule has 1 fully saturated rings. The van der Waals surface area contributed by atoms with Crippen molar-refractivity contribution in [3.8, 4) is 0 Å². The van der Waals surface area contributed by atoms with Gasteiger partial charge in [0.15, 0.2) is 0 Å². The summed E-state index contributed by atoms with van der Waals surface area (Å²) in [7, 11) is 1.92. The molecule has 3 atom stereocenters. The van der Waals surface area contributed by atoms with E-state index in [-0.39, 0.29) is 17.4 Å². The van der Waals surface area contributed by atoms with E-state index in [2.05, 4.69) is 27.7 Å². The van der Waals surface area contributed by atoms with Crippen molar-refractivity contribution in [2.24, 2.45) is 23.0 Å². The quantitative estimate of drug-likeness (QED) is 0.822. The van der Waals surface area contributed by atoms with E-state index in [9.17, 15) is 4.79 Å². The van der Waals surface area contributed by atoms with Gasteiger partial charge >= 0.3 is 0 Å². The first-order valence-corrected chi connectivity index (χ1v) is 6.82. The number of hydrogen-bond acceptors (Lipinski definition) is 2. The van der Waals surface area contributed by atoms with Crippen LogP contribution < -0.4 is 5.73 Å². The molecule has 0 aromatic rings. The van der Waals surface area contributed by atoms with Crippen LogP contribution in [0.4, 0.5) is 0 Å². The summed E-state index contributed by atoms with van der Waals surface area (Å²) in [5.41, 5.74) is 6.14. The van der Waals surface area contributed by atoms with Gasteiger partial charge in [-0.25, -0.2) is 0 Å². The average Bonchev–Trinajstić information content (AvgIpc) is 2.26. The van der Waals surface area contributed by atoms with E-state index in [0.717, 1.165) is 25.8 Å². The van der Waals surface area contributed by atoms with E-state index in [1.807, 2.05) is 11.9 Å². The Hall–Kier alpha value is -0.570. The molecular formula is C14H28N2O. The van der Waals surface area contributed by atoms with Crippen LogP contribution >= 0.6 is 0 Å². The third-order valence-electron chi connectivity index (χ3n) is 4.74. The van der Waals surface area contributed by atoms with Crippen molar-refractivity contribution in [3.05, 3.63) is 0 Å². The van der Waals surface area contributed by atoms with Crippen molar-refractivity contribution < 1.29 is 4.79 Å². The molecule has 0 aromatic heterocycles. The Morgan fingerprint density at radius 1 is 1.41 bits per heavy atom. The third-order valence-corrected chi connectivity index (χ3v) is 4.74. The predicted octanol–water partition coefficient (Wildman–Crippen LogP) is 2.25. The van der Waals surface area contributed by atoms with Crippen molar-refractivity contribution in [1.82, 2.24) is 4.90 Å². The zero-order valence-electron chi connectivity index (χ0n) is 12.0. The van der Waals surface area contributed by atoms with Gasteiger partial charge in [-0.2, -0.15) is 0 Å². The van der Waals surface area contributed by atoms with Crippen LogP contribution in [0.1, 0.15) is 47.0 Å². The molecule has 2 N–H and O–H groups in total. The Labute approximate surface area is 106 Å². The molecular weight excluding hydrogens is 212 g/mol. The van der Waals surface area contributed by atoms with Crippen molar-refractivity contribution in [2.45, 2.75) is 53.0 Å². The molecule has 3 heteroatoms. The molecule has 0 heterocycles. The van der Waals surface area contributed by atoms with Gasteiger partial charge in [0.2, 0.25) is 5.91 Å². The van der Waals surface area contributed by atoms with Crippen LogP contribution in [0.5, 0.6) is 0 Å². The summed E-state index contributed by atoms with van der Waals surface area (Å²) in [5.74, 6) is 0.838. The number of amides is 1. The fraction of sp³-hybridized carbons (Fsp3) is 0.929. The highest BCUT2D eigenvalue weighted by molar-refractivity contribution is 5.79. The summed E-state index contributed by atoms with van der Waals surface area (Å²) in [4.78, 5) is 14.3. The number of nitrogens with zero attached hydrogens (tertiary/aromatic N) is 1. The minimum absolute atomic E-state index is 0.0107. The molecule has 1 amide bonds. The third kappa shape index (κ3) is 2.82. The van der Waals surface area contributed by atoms with Crippen molar-refractivity contribution in [1.29, 1.82) is 0 Å². The van der Waals surface area contributed by atoms with Gasteiger partial charge in [-0.3, -0.25) is 4.79 Å². The number of nitrogens with two attached hydrogens (primary N) is 1. The number of hydrogen-bond donors (Lipinski definition) is 1. The molecule has 1 saturated carbocycles. The van der Waals surface area contributed by atoms with Crippen LogP contribution in [0, 0.1) is 17.3 Å². The lowest BCUT2D eigenvalue weighted by Gasteiger charge is -2.47. The zero-order valence-corrected chi connectivity index (χ0v) is 12.0. The van der Waals surface area contributed by atoms with Gasteiger partial charge < -0.3 is 10.6 Å². The average molecular weight is 240 g/mol. The SMILES string of the molecule is CCCN(C)C(=O)C1CCC(N)C(C)C1(C)C. The van der Waals surface area contributed by atoms with Gasteiger partial charge in [0.25, 0.3) is 0 Å². The molecule has 0 spiro atoms. The lowest BCUT2D eigenvalue weighted by atomic mass is 9.61. The largest absolute Gasteiger partial charge is 0.346 e. The number of rotatable bonds is 3. The molecule has 1 aliphatic carbocycles. The molecule has 1 aliphatic rings. The maximum absolute atomic E-state index is 12.4. The molecule has 0 bridgehead atoms. The lowest BCUT2D eigenvalue weighted by Crippen LogP contribution is -2.51. The Bertz CT molecular complexity index is 275. The van der Waals surface area contributed by atoms with E-state index >= 15 is 0 Å². The summed E-state index contributed by atoms with van der Waals surface area (Å²) in [6, 6.07) is 0.241. The Balaban J connectivity index is 2.80. The molecule has 0 aliphatic heterocycles. The first kappa shape index (κ1) is 14.5. The maximum Gasteiger partial charge on any atom is 0.225 e. The normalized spacial score (nSPS) is 32.2. The van der Waals surface area contributed by atoms with Crippen LogP contribution in [0.15, 0.2) is 0 Å². The van der Waals surface area contributed by atoms with Gasteiger partial charge in [0.1, 0.15) is 0 Å². The van der Waals surface area contributed by atoms with Gasteiger partial charge in [-0.15, -0.1) is 0 Å². The highest BCUT2D eigenvalue weighted by Gasteiger charge is 2.45. The highest BCUT2D eigenvalue weighted by atomic mass is 16.2. The van der Waals surface area contributed by atoms with E-state index in [0.29, 0.717) is 11.8 Å². The van der Waals surface area contributed by atoms with E-state index in [4.69, 9.17) is 5.73 Å². The fourth-order valence-electron chi connectivity index (χ4n) is 3.00. The first-order valence-electron chi connectivity index (χ1n) is 6.82. The van der Waals surface area contributed by atoms with Gasteiger partial charge in [0.05, 0.1) is 0 Å². The van der Waals surface area contributed by atoms with Crippen LogP contribution in [-0.2, 0) is 4.79 Å². The minimum atomic E-state index is 0.0107. The van der Waals surface area contributed by atoms with Gasteiger partial charge in [-0.05, 0) is 30.6 Å². The molecule has 100 valence electrons. The van der Waals surface area contributed by atoms with E-state index in [1.165, 1.54) is 0 Å². The maximum atomic E-state index is 12.4. The minimum Gasteiger partial charge on any atom is -0.346 e. The predicted molar refractivity (Wildman–Crippen MR) is 71.6 cm³/mol. The van der Waals surface area contributed by atoms with Crippen LogP contribution in [0.25, 0.3) is 0 Å². The standard InChI is InChI=1S/C14H28N2O/c1-6-9-16(5)13(17)11-7-8-12(15)10(2)14(11,3)4/h10-12H,6-9,15H2,1-5H3. The molecule has 3 nitrogen and oxygen atoms in total. The van der Waals surface area contributed by atoms with Crippen LogP contribution in [0.3, 0.4) is 0 Å². The summed E-state index contributed by atoms with van der Waals surface area (Å²) in [6.45, 7) is 9.53. The highest BCUT2D eigenvalue weighted by Crippen LogP contribution is 2.44. The second-order valence-corrected chi connectivity index (χ2v) is 6.16. The monoisotopic (exact) mass is 240 g/mol. The summed E-state index contributed by atoms with van der Waals surface area (Å²) >= 11 is 0. The molecule has 0 saturated heterocycles. The van der Waals surface area contributed by atoms with Crippen molar-refractivity contribution in [2.75, 3.05) is 13.6 Å². The second-order valence-electron chi connectivity index (χ2n) is 6.16. The molecule has 1 rings (SSSR count). The van der Waals surface area contributed by atoms with Crippen LogP contribution in [-0.4, -0.2) is 30.4 Å². The molecule has 0 radical (unpaired) electrons. The smallest absolute Gasteiger partial charge is 0.225 e. The summed E-state index contributed by atoms with van der Waals surface area (Å²) in [6.07, 6.45) is 2.93. The lowest BCUT2D eigenvalue weighted by molar-refractivity contribution is -0.142. The van der Waals surface area contributed by atoms with Gasteiger partial charge in [-0.1, -0.05) is 27.7 Å². The Morgan fingerprint density at radius 3 is 2.53 bits per heavy atom. The topological polar surface area (TPSA) is 46.3 Å². The van der Waals surface area contributed by atoms with Gasteiger partial charge in [0, 0.05) is 25.6 Å². The van der Waals surface area contributed by atoms with Crippen LogP contribution in [0.2, 0.25) is 0 Å². The van der Waals surface area contributed by atoms with E-state index < -0.39 is 0 Å². The second kappa shape index (κ2) is 5.38.